The number of benzene rings is 1. The summed E-state index contributed by atoms with van der Waals surface area (Å²) in [6.07, 6.45) is 0. The zero-order valence-corrected chi connectivity index (χ0v) is 12.4. The normalized spacial score (nSPS) is 14.5. The molecule has 2 aromatic rings. The quantitative estimate of drug-likeness (QED) is 0.802. The van der Waals surface area contributed by atoms with Crippen LogP contribution >= 0.6 is 27.3 Å². The maximum absolute atomic E-state index is 12.3. The van der Waals surface area contributed by atoms with Crippen LogP contribution in [0.15, 0.2) is 33.6 Å². The number of halogens is 1. The molecule has 98 valence electrons. The van der Waals surface area contributed by atoms with E-state index < -0.39 is 0 Å². The number of ether oxygens (including phenoxy) is 1. The molecule has 6 heteroatoms. The second kappa shape index (κ2) is 5.30. The minimum absolute atomic E-state index is 0.0438. The van der Waals surface area contributed by atoms with Gasteiger partial charge in [-0.3, -0.25) is 4.79 Å². The highest BCUT2D eigenvalue weighted by Crippen LogP contribution is 2.27. The van der Waals surface area contributed by atoms with Gasteiger partial charge < -0.3 is 9.64 Å². The van der Waals surface area contributed by atoms with Crippen LogP contribution in [0.5, 0.6) is 5.75 Å². The highest BCUT2D eigenvalue weighted by atomic mass is 79.9. The summed E-state index contributed by atoms with van der Waals surface area (Å²) >= 11 is 4.87. The average Bonchev–Trinajstić information content (AvgIpc) is 2.85. The number of rotatable bonds is 1. The maximum Gasteiger partial charge on any atom is 0.273 e. The van der Waals surface area contributed by atoms with E-state index in [0.717, 1.165) is 15.8 Å². The Balaban J connectivity index is 1.87. The van der Waals surface area contributed by atoms with Crippen molar-refractivity contribution in [3.63, 3.8) is 0 Å². The largest absolute Gasteiger partial charge is 0.491 e. The average molecular weight is 339 g/mol. The Morgan fingerprint density at radius 1 is 1.47 bits per heavy atom. The van der Waals surface area contributed by atoms with Gasteiger partial charge in [-0.1, -0.05) is 15.9 Å². The first-order chi connectivity index (χ1) is 9.24. The lowest BCUT2D eigenvalue weighted by molar-refractivity contribution is 0.0728. The zero-order chi connectivity index (χ0) is 13.2. The SMILES string of the molecule is O=C(c1cscn1)N1CCOc2ccc(Br)cc2C1. The first kappa shape index (κ1) is 12.6. The van der Waals surface area contributed by atoms with Crippen molar-refractivity contribution in [3.05, 3.63) is 44.8 Å². The molecule has 0 atom stereocenters. The van der Waals surface area contributed by atoms with Gasteiger partial charge in [0.25, 0.3) is 5.91 Å². The minimum atomic E-state index is -0.0438. The summed E-state index contributed by atoms with van der Waals surface area (Å²) in [4.78, 5) is 18.2. The maximum atomic E-state index is 12.3. The molecule has 0 bridgehead atoms. The summed E-state index contributed by atoms with van der Waals surface area (Å²) in [5, 5.41) is 1.77. The Labute approximate surface area is 123 Å². The van der Waals surface area contributed by atoms with Crippen LogP contribution in [-0.2, 0) is 6.54 Å². The lowest BCUT2D eigenvalue weighted by Gasteiger charge is -2.18. The number of thiazole rings is 1. The van der Waals surface area contributed by atoms with Crippen molar-refractivity contribution in [2.24, 2.45) is 0 Å². The number of hydrogen-bond donors (Lipinski definition) is 0. The van der Waals surface area contributed by atoms with E-state index in [2.05, 4.69) is 20.9 Å². The molecule has 1 amide bonds. The van der Waals surface area contributed by atoms with Crippen molar-refractivity contribution in [2.75, 3.05) is 13.2 Å². The van der Waals surface area contributed by atoms with Gasteiger partial charge in [0.05, 0.1) is 12.1 Å². The van der Waals surface area contributed by atoms with Gasteiger partial charge in [0, 0.05) is 22.0 Å². The molecular formula is C13H11BrN2O2S. The van der Waals surface area contributed by atoms with Gasteiger partial charge in [-0.15, -0.1) is 11.3 Å². The lowest BCUT2D eigenvalue weighted by Crippen LogP contribution is -2.32. The van der Waals surface area contributed by atoms with Crippen molar-refractivity contribution in [1.82, 2.24) is 9.88 Å². The van der Waals surface area contributed by atoms with E-state index in [1.807, 2.05) is 18.2 Å². The fourth-order valence-electron chi connectivity index (χ4n) is 2.02. The monoisotopic (exact) mass is 338 g/mol. The zero-order valence-electron chi connectivity index (χ0n) is 10.0. The van der Waals surface area contributed by atoms with Gasteiger partial charge in [-0.05, 0) is 18.2 Å². The number of amides is 1. The molecule has 4 nitrogen and oxygen atoms in total. The van der Waals surface area contributed by atoms with E-state index >= 15 is 0 Å². The molecular weight excluding hydrogens is 328 g/mol. The highest BCUT2D eigenvalue weighted by molar-refractivity contribution is 9.10. The Morgan fingerprint density at radius 3 is 3.16 bits per heavy atom. The van der Waals surface area contributed by atoms with E-state index in [4.69, 9.17) is 4.74 Å². The van der Waals surface area contributed by atoms with Crippen LogP contribution in [0, 0.1) is 0 Å². The lowest BCUT2D eigenvalue weighted by atomic mass is 10.2. The summed E-state index contributed by atoms with van der Waals surface area (Å²) in [5.74, 6) is 0.800. The second-order valence-electron chi connectivity index (χ2n) is 4.20. The molecule has 2 heterocycles. The van der Waals surface area contributed by atoms with Gasteiger partial charge in [0.2, 0.25) is 0 Å². The summed E-state index contributed by atoms with van der Waals surface area (Å²) in [7, 11) is 0. The standard InChI is InChI=1S/C13H11BrN2O2S/c14-10-1-2-12-9(5-10)6-16(3-4-18-12)13(17)11-7-19-8-15-11/h1-2,5,7-8H,3-4,6H2. The summed E-state index contributed by atoms with van der Waals surface area (Å²) in [6.45, 7) is 1.62. The smallest absolute Gasteiger partial charge is 0.273 e. The van der Waals surface area contributed by atoms with E-state index in [-0.39, 0.29) is 5.91 Å². The molecule has 0 N–H and O–H groups in total. The Morgan fingerprint density at radius 2 is 2.37 bits per heavy atom. The van der Waals surface area contributed by atoms with E-state index in [9.17, 15) is 4.79 Å². The topological polar surface area (TPSA) is 42.4 Å². The Kier molecular flexibility index (Phi) is 3.52. The van der Waals surface area contributed by atoms with Crippen LogP contribution in [0.3, 0.4) is 0 Å². The van der Waals surface area contributed by atoms with Crippen LogP contribution in [0.4, 0.5) is 0 Å². The predicted molar refractivity (Wildman–Crippen MR) is 76.5 cm³/mol. The van der Waals surface area contributed by atoms with Crippen LogP contribution in [0.25, 0.3) is 0 Å². The molecule has 0 radical (unpaired) electrons. The fraction of sp³-hybridized carbons (Fsp3) is 0.231. The number of aromatic nitrogens is 1. The molecule has 19 heavy (non-hydrogen) atoms. The molecule has 0 fully saturated rings. The number of nitrogens with zero attached hydrogens (tertiary/aromatic N) is 2. The molecule has 0 spiro atoms. The number of carbonyl (C=O) groups is 1. The molecule has 1 aromatic heterocycles. The van der Waals surface area contributed by atoms with Crippen molar-refractivity contribution in [3.8, 4) is 5.75 Å². The molecule has 1 aliphatic heterocycles. The summed E-state index contributed by atoms with van der Waals surface area (Å²) < 4.78 is 6.65. The second-order valence-corrected chi connectivity index (χ2v) is 5.84. The molecule has 0 saturated carbocycles. The van der Waals surface area contributed by atoms with E-state index in [0.29, 0.717) is 25.4 Å². The van der Waals surface area contributed by atoms with Gasteiger partial charge >= 0.3 is 0 Å². The first-order valence-corrected chi connectivity index (χ1v) is 7.56. The fourth-order valence-corrected chi connectivity index (χ4v) is 2.95. The molecule has 0 saturated heterocycles. The van der Waals surface area contributed by atoms with Gasteiger partial charge in [0.15, 0.2) is 0 Å². The molecule has 3 rings (SSSR count). The van der Waals surface area contributed by atoms with Gasteiger partial charge in [-0.2, -0.15) is 0 Å². The van der Waals surface area contributed by atoms with Gasteiger partial charge in [0.1, 0.15) is 18.1 Å². The van der Waals surface area contributed by atoms with E-state index in [1.54, 1.807) is 15.8 Å². The summed E-state index contributed by atoms with van der Waals surface area (Å²) in [5.41, 5.74) is 3.19. The van der Waals surface area contributed by atoms with E-state index in [1.165, 1.54) is 11.3 Å². The van der Waals surface area contributed by atoms with Crippen LogP contribution in [0.2, 0.25) is 0 Å². The van der Waals surface area contributed by atoms with Crippen molar-refractivity contribution in [1.29, 1.82) is 0 Å². The number of fused-ring (bicyclic) bond motifs is 1. The third-order valence-electron chi connectivity index (χ3n) is 2.94. The highest BCUT2D eigenvalue weighted by Gasteiger charge is 2.22. The Hall–Kier alpha value is -1.40. The molecule has 1 aliphatic rings. The number of hydrogen-bond acceptors (Lipinski definition) is 4. The van der Waals surface area contributed by atoms with Crippen LogP contribution < -0.4 is 4.74 Å². The van der Waals surface area contributed by atoms with Crippen molar-refractivity contribution >= 4 is 33.2 Å². The first-order valence-electron chi connectivity index (χ1n) is 5.83. The predicted octanol–water partition coefficient (Wildman–Crippen LogP) is 2.94. The summed E-state index contributed by atoms with van der Waals surface area (Å²) in [6, 6.07) is 5.86. The van der Waals surface area contributed by atoms with Crippen LogP contribution in [-0.4, -0.2) is 28.9 Å². The van der Waals surface area contributed by atoms with Crippen molar-refractivity contribution in [2.45, 2.75) is 6.54 Å². The Bertz CT molecular complexity index is 601. The van der Waals surface area contributed by atoms with Crippen LogP contribution in [0.1, 0.15) is 16.1 Å². The third-order valence-corrected chi connectivity index (χ3v) is 4.02. The minimum Gasteiger partial charge on any atom is -0.491 e. The molecule has 0 aliphatic carbocycles. The third kappa shape index (κ3) is 2.64. The van der Waals surface area contributed by atoms with Crippen molar-refractivity contribution < 1.29 is 9.53 Å². The molecule has 1 aromatic carbocycles. The van der Waals surface area contributed by atoms with Gasteiger partial charge in [-0.25, -0.2) is 4.98 Å². The molecule has 0 unspecified atom stereocenters. The number of carbonyl (C=O) groups excluding carboxylic acids is 1.